The van der Waals surface area contributed by atoms with Crippen LogP contribution >= 0.6 is 9.24 Å². The number of esters is 1. The molecule has 30 heteroatoms. The van der Waals surface area contributed by atoms with E-state index in [1.807, 2.05) is 13.6 Å². The Bertz CT molecular complexity index is 2420. The number of benzene rings is 1. The second-order valence-corrected chi connectivity index (χ2v) is 27.0. The predicted octanol–water partition coefficient (Wildman–Crippen LogP) is 1.22. The summed E-state index contributed by atoms with van der Waals surface area (Å²) in [5.41, 5.74) is 5.46. The molecule has 15 rings (SSSR count). The Hall–Kier alpha value is -1.50. The number of aliphatic carboxylic acids is 3. The second-order valence-electron chi connectivity index (χ2n) is 25.6. The molecule has 0 aromatic heterocycles. The Morgan fingerprint density at radius 2 is 0.990 bits per heavy atom. The van der Waals surface area contributed by atoms with Crippen molar-refractivity contribution < 1.29 is 207 Å². The summed E-state index contributed by atoms with van der Waals surface area (Å²) < 4.78 is 71.9. The number of hydrogen-bond donors (Lipinski definition) is 8. The van der Waals surface area contributed by atoms with E-state index in [-0.39, 0.29) is 156 Å². The fraction of sp³-hybridized carbons (Fsp3) is 0.773. The number of Topliss-reactive ketones (excluding diaryl/α,β-unsaturated/α-hetero) is 1. The van der Waals surface area contributed by atoms with Crippen LogP contribution in [0.4, 0.5) is 13.2 Å². The van der Waals surface area contributed by atoms with E-state index in [1.165, 1.54) is 97.2 Å². The maximum Gasteiger partial charge on any atom is 1.00 e. The molecule has 0 spiro atoms. The van der Waals surface area contributed by atoms with Crippen LogP contribution in [0, 0.1) is 102 Å². The van der Waals surface area contributed by atoms with Crippen molar-refractivity contribution in [3.63, 3.8) is 0 Å². The minimum absolute atomic E-state index is 0. The summed E-state index contributed by atoms with van der Waals surface area (Å²) in [6.07, 6.45) is 26.7. The van der Waals surface area contributed by atoms with Gasteiger partial charge in [0, 0.05) is 27.4 Å². The van der Waals surface area contributed by atoms with Gasteiger partial charge in [0.2, 0.25) is 6.29 Å². The number of rotatable bonds is 6. The number of halogens is 3. The monoisotopic (exact) mass is 1440 g/mol. The van der Waals surface area contributed by atoms with Crippen molar-refractivity contribution in [2.24, 2.45) is 100 Å². The van der Waals surface area contributed by atoms with E-state index in [4.69, 9.17) is 51.0 Å². The molecule has 13 fully saturated rings. The number of nitrogens with two attached hydrogens (primary N) is 1. The molecule has 10 N–H and O–H groups in total. The van der Waals surface area contributed by atoms with Crippen molar-refractivity contribution in [2.45, 2.75) is 206 Å². The van der Waals surface area contributed by atoms with Gasteiger partial charge in [0.15, 0.2) is 0 Å². The van der Waals surface area contributed by atoms with Gasteiger partial charge in [-0.25, -0.2) is 5.04 Å². The molecule has 11 saturated carbocycles. The fourth-order valence-corrected chi connectivity index (χ4v) is 16.6. The summed E-state index contributed by atoms with van der Waals surface area (Å²) in [6.45, 7) is 3.65. The number of allylic oxidation sites excluding steroid dienone is 2. The van der Waals surface area contributed by atoms with Gasteiger partial charge in [0.05, 0.1) is 34.7 Å². The molecular weight excluding hydrogens is 1330 g/mol. The summed E-state index contributed by atoms with van der Waals surface area (Å²) in [6, 6.07) is 5.99. The van der Waals surface area contributed by atoms with Gasteiger partial charge in [-0.15, -0.1) is 9.24 Å². The van der Waals surface area contributed by atoms with E-state index < -0.39 is 40.5 Å². The van der Waals surface area contributed by atoms with E-state index in [9.17, 15) is 50.7 Å². The second kappa shape index (κ2) is 54.2. The number of aliphatic hydroxyl groups is 3. The first-order valence-corrected chi connectivity index (χ1v) is 34.1. The minimum atomic E-state index is -4.64. The fourth-order valence-electron chi connectivity index (χ4n) is 16.2. The molecule has 1 aromatic rings. The van der Waals surface area contributed by atoms with Crippen molar-refractivity contribution in [3.05, 3.63) is 42.0 Å². The molecule has 0 radical (unpaired) electrons. The van der Waals surface area contributed by atoms with Gasteiger partial charge in [-0.2, -0.15) is 21.6 Å². The van der Waals surface area contributed by atoms with Crippen molar-refractivity contribution in [2.75, 3.05) is 27.9 Å². The van der Waals surface area contributed by atoms with Crippen molar-refractivity contribution in [1.82, 2.24) is 0 Å². The standard InChI is InChI=1S/C10H16O3.C10H14O2.C10H16O2.C10H14O2.C10H14O.C7H8O3S.C2HF3O.CH5N.CH2O4.2CH4O.CH5P.2CH4.3Na.H2O.H/c11-9-4-6-1-7(5-9)3-8(2-6)10(12)13;11-10-8-2-6-1-7(3-8)5-9(4-6)12-10;2*11-10(12)9-5-7-2-1-3-8(4-7)6-9;11-10-8-2-6-1-7(4-8)5-9(10)3-6;1-6-2-4-7(5-3-6)11(8,9)10;3-2(4,5)1-6;1-2;2-1-4-5-3;3*1-2;;;;;;;/h6-9,11H,1-5H2,(H,12,13);6-9H,1-5H2;7-9H,1-6H2,(H,11,12);1-2,7-9H,3-6H2,(H,11,12);6-9H,1-5H2;2-5H,1H3,(H,8,9,10);1H;2H2,1H3;1,3H;2*2H,1H3;2H2,1H3;2*1H4;;;;1H2;/q;;;;;;;;;;;;;;3*+1;;-1/p-2/t;;;7?,8?,9-;;;;;;;;;;;;;;;/m...0.............../s1/i;;;;;;;;;;;;1D;;;;;;. The Morgan fingerprint density at radius 3 is 1.34 bits per heavy atom. The molecule has 0 amide bonds. The van der Waals surface area contributed by atoms with Crippen molar-refractivity contribution >= 4 is 61.8 Å². The third kappa shape index (κ3) is 37.6. The molecule has 2 saturated heterocycles. The van der Waals surface area contributed by atoms with Gasteiger partial charge in [0.25, 0.3) is 10.1 Å². The number of hydrogen-bond acceptors (Lipinski definition) is 18. The van der Waals surface area contributed by atoms with Crippen molar-refractivity contribution in [1.29, 1.82) is 0 Å². The Morgan fingerprint density at radius 1 is 0.635 bits per heavy atom. The van der Waals surface area contributed by atoms with Crippen LogP contribution in [0.1, 0.15) is 184 Å². The summed E-state index contributed by atoms with van der Waals surface area (Å²) in [5.74, 6) is 7.04. The molecular formula is C66H112F3NNa3O21PS. The maximum atomic E-state index is 11.6. The van der Waals surface area contributed by atoms with E-state index in [2.05, 4.69) is 37.1 Å². The minimum Gasteiger partial charge on any atom is -1.00 e. The van der Waals surface area contributed by atoms with E-state index in [0.29, 0.717) is 41.3 Å². The largest absolute Gasteiger partial charge is 1.00 e. The maximum absolute atomic E-state index is 11.6. The number of carbonyl (C=O) groups is 7. The summed E-state index contributed by atoms with van der Waals surface area (Å²) in [4.78, 5) is 76.0. The number of ether oxygens (including phenoxy) is 1. The summed E-state index contributed by atoms with van der Waals surface area (Å²) >= 11 is 0. The number of aliphatic hydroxyl groups excluding tert-OH is 3. The number of alkyl halides is 3. The first-order valence-electron chi connectivity index (χ1n) is 32.6. The Balaban J connectivity index is -0.000000243. The molecule has 2 heterocycles. The van der Waals surface area contributed by atoms with Crippen LogP contribution in [-0.4, -0.2) is 138 Å². The Kier molecular flexibility index (Phi) is 56.9. The third-order valence-electron chi connectivity index (χ3n) is 19.2. The molecule has 14 aliphatic rings. The molecule has 2 aliphatic heterocycles. The van der Waals surface area contributed by atoms with Crippen molar-refractivity contribution in [3.8, 4) is 0 Å². The Labute approximate surface area is 639 Å². The third-order valence-corrected chi connectivity index (χ3v) is 20.1. The van der Waals surface area contributed by atoms with Crippen LogP contribution in [-0.2, 0) is 58.3 Å². The molecule has 1 aromatic carbocycles. The number of carboxylic acids is 3. The molecule has 14 bridgehead atoms. The number of ketones is 1. The molecule has 542 valence electrons. The van der Waals surface area contributed by atoms with Gasteiger partial charge in [0.1, 0.15) is 11.9 Å². The van der Waals surface area contributed by atoms with Gasteiger partial charge >= 0.3 is 125 Å². The number of aryl methyl sites for hydroxylation is 1. The van der Waals surface area contributed by atoms with E-state index in [0.717, 1.165) is 145 Å². The van der Waals surface area contributed by atoms with E-state index >= 15 is 0 Å². The van der Waals surface area contributed by atoms with Gasteiger partial charge in [-0.05, 0) is 227 Å². The van der Waals surface area contributed by atoms with Gasteiger partial charge < -0.3 is 58.2 Å². The normalized spacial score (nSPS) is 31.2. The SMILES string of the molecule is C.CN.CO.CO.CP.Cc1ccc(S(=O)(=O)O)cc1.O=C(O)C1CC2CC(O)CC(C2)C1.O=C(O)C1CC2CCCC(C2)C1.O=C(O)[C@H]1CC2C=CCC(C2)C1.O=C1C2CC3CC(C2)CC1C3.O=C1OC2CC3CC(C2)CC1C3.O=CC(F)(F)F.O=COO[O-].[2H]C.[H-].[Na+].[Na+].[Na+].[OH-]. The van der Waals surface area contributed by atoms with Crippen LogP contribution < -0.4 is 99.7 Å². The summed E-state index contributed by atoms with van der Waals surface area (Å²) in [5, 5.41) is 61.3. The summed E-state index contributed by atoms with van der Waals surface area (Å²) in [7, 11) is 3.15. The zero-order chi connectivity index (χ0) is 69.9. The molecule has 22 nitrogen and oxygen atoms in total. The van der Waals surface area contributed by atoms with Crippen LogP contribution in [0.15, 0.2) is 41.3 Å². The van der Waals surface area contributed by atoms with Gasteiger partial charge in [-0.1, -0.05) is 70.6 Å². The zero-order valence-corrected chi connectivity index (χ0v) is 65.2. The smallest absolute Gasteiger partial charge is 1.00 e. The molecule has 12 aliphatic carbocycles. The quantitative estimate of drug-likeness (QED) is 0.0290. The first kappa shape index (κ1) is 101. The molecule has 96 heavy (non-hydrogen) atoms. The molecule has 9 unspecified atom stereocenters. The van der Waals surface area contributed by atoms with Crippen LogP contribution in [0.3, 0.4) is 0 Å². The van der Waals surface area contributed by atoms with Crippen LogP contribution in [0.25, 0.3) is 0 Å². The number of fused-ring (bicyclic) bond motifs is 7. The van der Waals surface area contributed by atoms with Crippen LogP contribution in [0.5, 0.6) is 0 Å². The number of carboxylic acid groups (broad SMARTS) is 3. The average Bonchev–Trinajstić information content (AvgIpc) is 0.906. The average molecular weight is 1450 g/mol. The predicted molar refractivity (Wildman–Crippen MR) is 344 cm³/mol. The zero-order valence-electron chi connectivity index (χ0n) is 59.3. The van der Waals surface area contributed by atoms with Crippen LogP contribution in [0.2, 0.25) is 0 Å². The number of aldehydes is 1. The first-order chi connectivity index (χ1) is 43.8. The molecule has 10 atom stereocenters. The number of carbonyl (C=O) groups excluding carboxylic acids is 4. The van der Waals surface area contributed by atoms with E-state index in [1.54, 1.807) is 12.1 Å². The van der Waals surface area contributed by atoms with Gasteiger partial charge in [-0.3, -0.25) is 38.1 Å². The topological polar surface area (TPSA) is 402 Å².